The quantitative estimate of drug-likeness (QED) is 0.0151. The molecule has 8 aromatic rings. The predicted octanol–water partition coefficient (Wildman–Crippen LogP) is 10.1. The lowest BCUT2D eigenvalue weighted by Gasteiger charge is -2.26. The van der Waals surface area contributed by atoms with E-state index in [1.807, 2.05) is 24.4 Å². The van der Waals surface area contributed by atoms with Gasteiger partial charge in [0.05, 0.1) is 97.4 Å². The topological polar surface area (TPSA) is 479 Å². The molecule has 9 N–H and O–H groups in total. The molecule has 0 aliphatic carbocycles. The van der Waals surface area contributed by atoms with Crippen LogP contribution in [0.2, 0.25) is 0 Å². The second-order valence-electron chi connectivity index (χ2n) is 23.0. The van der Waals surface area contributed by atoms with Crippen LogP contribution in [0.4, 0.5) is 18.8 Å². The number of ether oxygens (including phenoxy) is 7. The third-order valence-electron chi connectivity index (χ3n) is 15.4. The number of nitrogens with one attached hydrogen (secondary N) is 6. The van der Waals surface area contributed by atoms with Gasteiger partial charge in [-0.3, -0.25) is 44.7 Å². The first-order chi connectivity index (χ1) is 54.3. The number of aliphatic hydroxyl groups excluding tert-OH is 2. The van der Waals surface area contributed by atoms with Gasteiger partial charge in [0.2, 0.25) is 0 Å². The van der Waals surface area contributed by atoms with Crippen molar-refractivity contribution in [1.82, 2.24) is 71.7 Å². The van der Waals surface area contributed by atoms with Crippen molar-refractivity contribution in [1.29, 1.82) is 0 Å². The van der Waals surface area contributed by atoms with Gasteiger partial charge in [0.1, 0.15) is 49.4 Å². The van der Waals surface area contributed by atoms with Crippen LogP contribution in [0, 0.1) is 25.1 Å². The average molecular weight is 2050 g/mol. The molecule has 0 radical (unpaired) electrons. The Morgan fingerprint density at radius 1 is 0.565 bits per heavy atom. The molecule has 0 spiro atoms. The standard InChI is InChI=1S/C15H12FN3O4.C10H10BrN3O3.C9H8BrN3O3.C8H10BrNO2.C8H8BrNO2.C7H8BrNO2.C7H6BrNO2.C7H8BrNO.CO2/c1-3-15(13(21)17-14(22)18-15)7-19-6-8-4-5-9(23-2)11(16)10(8)12(19)20;1-10(8(15)13-9(16)14-10)6-4-3-5(17-2)7(11)12-6;1-9(7(15)12-8(16)13-9)5-3-2-4(14)6(10)11-5;2*1-5(11)6-3-4-7(12-2)8(9)10-6;2*1-11-6-3-2-5(4-10)9-7(6)8;1-5-3-4-6(10-2)7(8)9-5;2-1-3/h1,4-5H,6-7H2,2H3,(H2,17,18,21,22);3-4H,1-2H3,(H2,13,14,15,16);2-3,14H,1H3,(H2,12,13,15,16);3-5,11H,1-2H3;3-4H,1-2H3;2-3,10H,4H2,1H3;2-4H,1H3;3-4H,1-2H3;/t15-;;;;;;;;/m1......../s1. The lowest BCUT2D eigenvalue weighted by molar-refractivity contribution is -0.191. The van der Waals surface area contributed by atoms with Gasteiger partial charge in [0.25, 0.3) is 23.6 Å². The molecule has 3 saturated heterocycles. The molecule has 0 saturated carbocycles. The highest BCUT2D eigenvalue weighted by Gasteiger charge is 2.49. The van der Waals surface area contributed by atoms with Crippen LogP contribution in [-0.4, -0.2) is 177 Å². The van der Waals surface area contributed by atoms with Gasteiger partial charge >= 0.3 is 24.2 Å². The number of terminal acetylenes is 1. The Balaban J connectivity index is 0.000000280. The van der Waals surface area contributed by atoms with E-state index >= 15 is 0 Å². The zero-order chi connectivity index (χ0) is 86.4. The maximum Gasteiger partial charge on any atom is 0.373 e. The van der Waals surface area contributed by atoms with Gasteiger partial charge in [0.15, 0.2) is 74.7 Å². The van der Waals surface area contributed by atoms with Crippen LogP contribution in [0.3, 0.4) is 0 Å². The first kappa shape index (κ1) is 96.8. The fourth-order valence-electron chi connectivity index (χ4n) is 9.33. The number of amides is 10. The highest BCUT2D eigenvalue weighted by molar-refractivity contribution is 9.11. The number of benzene rings is 1. The molecule has 3 unspecified atom stereocenters. The largest absolute Gasteiger partial charge is 0.505 e. The summed E-state index contributed by atoms with van der Waals surface area (Å²) in [5, 5.41) is 40.9. The Bertz CT molecular complexity index is 4990. The van der Waals surface area contributed by atoms with E-state index in [4.69, 9.17) is 54.3 Å². The number of nitrogens with zero attached hydrogens (tertiary/aromatic N) is 8. The minimum absolute atomic E-state index is 0.0305. The molecule has 0 bridgehead atoms. The molecular formula is C72H70Br7FN14O21. The number of ketones is 1. The highest BCUT2D eigenvalue weighted by Crippen LogP contribution is 2.35. The second kappa shape index (κ2) is 45.5. The second-order valence-corrected chi connectivity index (χ2v) is 28.2. The van der Waals surface area contributed by atoms with Crippen molar-refractivity contribution in [3.05, 3.63) is 186 Å². The number of pyridine rings is 7. The minimum atomic E-state index is -1.66. The Kier molecular flexibility index (Phi) is 38.3. The normalized spacial score (nSPS) is 16.3. The number of rotatable bonds is 15. The van der Waals surface area contributed by atoms with E-state index in [2.05, 4.69) is 179 Å². The third kappa shape index (κ3) is 26.5. The maximum atomic E-state index is 14.3. The molecule has 3 fully saturated rings. The number of aryl methyl sites for hydroxylation is 1. The van der Waals surface area contributed by atoms with Gasteiger partial charge in [-0.15, -0.1) is 6.42 Å². The SMILES string of the molecule is C#C[C@]1(CN2Cc3ccc(OC)c(F)c3C2=O)NC(=O)NC1=O.CC1(c2ccc(O)c(Br)n2)NC(=O)NC1=O.COc1ccc(C(C)=O)nc1Br.COc1ccc(C(C)O)nc1Br.COc1ccc(C)nc1Br.COc1ccc(C2(C)NC(=O)NC2=O)nc1Br.COc1ccc(C=O)nc1Br.COc1ccc(CO)nc1Br.O=C=O. The number of aromatic hydroxyl groups is 1. The summed E-state index contributed by atoms with van der Waals surface area (Å²) in [7, 11) is 10.7. The predicted molar refractivity (Wildman–Crippen MR) is 430 cm³/mol. The summed E-state index contributed by atoms with van der Waals surface area (Å²) in [5.41, 5.74) is 0.183. The van der Waals surface area contributed by atoms with Crippen LogP contribution >= 0.6 is 112 Å². The van der Waals surface area contributed by atoms with Crippen molar-refractivity contribution < 1.29 is 106 Å². The number of urea groups is 3. The maximum absolute atomic E-state index is 14.3. The number of aliphatic hydroxyl groups is 2. The van der Waals surface area contributed by atoms with Crippen molar-refractivity contribution >= 4 is 171 Å². The summed E-state index contributed by atoms with van der Waals surface area (Å²) >= 11 is 22.3. The van der Waals surface area contributed by atoms with E-state index in [0.717, 1.165) is 16.0 Å². The molecular weight excluding hydrogens is 1980 g/mol. The summed E-state index contributed by atoms with van der Waals surface area (Å²) < 4.78 is 52.8. The zero-order valence-corrected chi connectivity index (χ0v) is 73.5. The summed E-state index contributed by atoms with van der Waals surface area (Å²) in [6.07, 6.45) is 5.75. The Morgan fingerprint density at radius 3 is 1.37 bits per heavy atom. The highest BCUT2D eigenvalue weighted by atomic mass is 79.9. The van der Waals surface area contributed by atoms with E-state index in [-0.39, 0.29) is 53.3 Å². The van der Waals surface area contributed by atoms with Gasteiger partial charge < -0.3 is 69.3 Å². The van der Waals surface area contributed by atoms with Crippen LogP contribution in [0.5, 0.6) is 46.0 Å². The van der Waals surface area contributed by atoms with Gasteiger partial charge in [-0.05, 0) is 236 Å². The van der Waals surface area contributed by atoms with Crippen molar-refractivity contribution in [2.45, 2.75) is 70.5 Å². The van der Waals surface area contributed by atoms with E-state index in [1.54, 1.807) is 123 Å². The minimum Gasteiger partial charge on any atom is -0.505 e. The van der Waals surface area contributed by atoms with E-state index in [0.29, 0.717) is 97.8 Å². The van der Waals surface area contributed by atoms with Crippen molar-refractivity contribution in [2.75, 3.05) is 56.3 Å². The van der Waals surface area contributed by atoms with Crippen LogP contribution in [0.25, 0.3) is 0 Å². The average Bonchev–Trinajstić information content (AvgIpc) is 1.64. The number of carbonyl (C=O) groups is 9. The van der Waals surface area contributed by atoms with Crippen molar-refractivity contribution in [3.63, 3.8) is 0 Å². The number of Topliss-reactive ketones (excluding diaryl/α,β-unsaturated/α-hetero) is 1. The molecule has 115 heavy (non-hydrogen) atoms. The Hall–Kier alpha value is -10.6. The lowest BCUT2D eigenvalue weighted by atomic mass is 9.98. The Labute approximate surface area is 714 Å². The Morgan fingerprint density at radius 2 is 0.974 bits per heavy atom. The van der Waals surface area contributed by atoms with Crippen molar-refractivity contribution in [2.24, 2.45) is 0 Å². The number of hydrogen-bond acceptors (Lipinski definition) is 28. The van der Waals surface area contributed by atoms with Gasteiger partial charge in [0, 0.05) is 19.2 Å². The van der Waals surface area contributed by atoms with Crippen molar-refractivity contribution in [3.8, 4) is 58.3 Å². The molecule has 610 valence electrons. The van der Waals surface area contributed by atoms with Gasteiger partial charge in [-0.25, -0.2) is 53.7 Å². The third-order valence-corrected chi connectivity index (χ3v) is 19.3. The number of hydrogen-bond donors (Lipinski definition) is 9. The van der Waals surface area contributed by atoms with Crippen LogP contribution in [0.1, 0.15) is 99.2 Å². The van der Waals surface area contributed by atoms with Gasteiger partial charge in [-0.1, -0.05) is 12.0 Å². The molecule has 4 aliphatic rings. The molecule has 11 heterocycles. The summed E-state index contributed by atoms with van der Waals surface area (Å²) in [6.45, 7) is 7.99. The molecule has 1 aromatic carbocycles. The monoisotopic (exact) mass is 2040 g/mol. The summed E-state index contributed by atoms with van der Waals surface area (Å²) in [5.74, 6) is 3.01. The number of methoxy groups -OCH3 is 7. The van der Waals surface area contributed by atoms with Gasteiger partial charge in [-0.2, -0.15) is 9.59 Å². The number of halogens is 8. The fraction of sp³-hybridized carbons (Fsp3) is 0.264. The number of fused-ring (bicyclic) bond motifs is 1. The molecule has 7 aromatic heterocycles. The molecule has 10 amide bonds. The van der Waals surface area contributed by atoms with Crippen LogP contribution in [-0.2, 0) is 48.2 Å². The first-order valence-electron chi connectivity index (χ1n) is 32.1. The zero-order valence-electron chi connectivity index (χ0n) is 62.4. The molecule has 35 nitrogen and oxygen atoms in total. The number of aldehydes is 1. The summed E-state index contributed by atoms with van der Waals surface area (Å²) in [4.78, 5) is 148. The smallest absolute Gasteiger partial charge is 0.373 e. The molecule has 4 atom stereocenters. The summed E-state index contributed by atoms with van der Waals surface area (Å²) in [6, 6.07) is 24.7. The molecule has 4 aliphatic heterocycles. The number of aromatic nitrogens is 7. The van der Waals surface area contributed by atoms with Crippen LogP contribution < -0.4 is 65.1 Å². The lowest BCUT2D eigenvalue weighted by Crippen LogP contribution is -2.54. The first-order valence-corrected chi connectivity index (χ1v) is 37.7. The number of carbonyl (C=O) groups excluding carboxylic acids is 11. The number of imide groups is 3. The van der Waals surface area contributed by atoms with E-state index < -0.39 is 70.3 Å². The fourth-order valence-corrected chi connectivity index (χ4v) is 12.7. The molecule has 43 heteroatoms. The van der Waals surface area contributed by atoms with E-state index in [1.165, 1.54) is 44.2 Å². The molecule has 12 rings (SSSR count). The van der Waals surface area contributed by atoms with E-state index in [9.17, 15) is 57.8 Å². The van der Waals surface area contributed by atoms with Crippen LogP contribution in [0.15, 0.2) is 129 Å².